The van der Waals surface area contributed by atoms with Crippen LogP contribution >= 0.6 is 0 Å². The Hall–Kier alpha value is -2.65. The molecule has 29 heavy (non-hydrogen) atoms. The molecule has 2 N–H and O–H groups in total. The van der Waals surface area contributed by atoms with E-state index in [2.05, 4.69) is 5.32 Å². The van der Waals surface area contributed by atoms with Gasteiger partial charge < -0.3 is 19.3 Å². The van der Waals surface area contributed by atoms with Crippen molar-refractivity contribution < 1.29 is 32.0 Å². The van der Waals surface area contributed by atoms with Gasteiger partial charge in [-0.2, -0.15) is 0 Å². The summed E-state index contributed by atoms with van der Waals surface area (Å²) in [6.45, 7) is 0.414. The van der Waals surface area contributed by atoms with Crippen molar-refractivity contribution >= 4 is 21.7 Å². The molecule has 0 fully saturated rings. The van der Waals surface area contributed by atoms with Crippen LogP contribution in [0.4, 0.5) is 0 Å². The van der Waals surface area contributed by atoms with Crippen LogP contribution in [0.1, 0.15) is 28.3 Å². The molecule has 1 unspecified atom stereocenters. The highest BCUT2D eigenvalue weighted by molar-refractivity contribution is 7.89. The third kappa shape index (κ3) is 8.08. The molecule has 0 aliphatic rings. The van der Waals surface area contributed by atoms with E-state index < -0.39 is 27.8 Å². The number of aliphatic carboxylic acids is 1. The number of carboxylic acids is 1. The maximum Gasteiger partial charge on any atom is 0.305 e. The van der Waals surface area contributed by atoms with E-state index in [-0.39, 0.29) is 29.4 Å². The number of sulfone groups is 1. The summed E-state index contributed by atoms with van der Waals surface area (Å²) < 4.78 is 30.6. The Kier molecular flexibility index (Phi) is 7.21. The molecular formula is C20H27N2O6S+. The van der Waals surface area contributed by atoms with Crippen molar-refractivity contribution in [3.05, 3.63) is 59.5 Å². The molecule has 0 bridgehead atoms. The number of nitrogens with one attached hydrogen (secondary N) is 1. The normalized spacial score (nSPS) is 13.1. The smallest absolute Gasteiger partial charge is 0.305 e. The molecule has 158 valence electrons. The number of furan rings is 1. The minimum atomic E-state index is -3.47. The Morgan fingerprint density at radius 1 is 1.07 bits per heavy atom. The summed E-state index contributed by atoms with van der Waals surface area (Å²) in [6, 6.07) is 11.1. The third-order valence-electron chi connectivity index (χ3n) is 4.00. The summed E-state index contributed by atoms with van der Waals surface area (Å²) in [5.41, 5.74) is 0.675. The van der Waals surface area contributed by atoms with Gasteiger partial charge in [-0.05, 0) is 17.7 Å². The molecule has 1 aromatic carbocycles. The number of nitrogens with zero attached hydrogens (tertiary/aromatic N) is 1. The van der Waals surface area contributed by atoms with Gasteiger partial charge in [0.2, 0.25) is 0 Å². The standard InChI is InChI=1S/C20H26N2O6S/c1-22(2,3)12-16(11-19(23)24)21-20(25)18-10-9-17(28-18)14-29(26,27)13-15-7-5-4-6-8-15/h4-10,16H,11-14H2,1-3H3,(H-,21,23,24,25)/p+1. The first-order valence-electron chi connectivity index (χ1n) is 9.10. The zero-order valence-electron chi connectivity index (χ0n) is 16.8. The van der Waals surface area contributed by atoms with Crippen LogP contribution in [0, 0.1) is 0 Å². The largest absolute Gasteiger partial charge is 0.481 e. The van der Waals surface area contributed by atoms with Gasteiger partial charge in [-0.3, -0.25) is 9.59 Å². The number of amides is 1. The lowest BCUT2D eigenvalue weighted by Gasteiger charge is -2.28. The predicted octanol–water partition coefficient (Wildman–Crippen LogP) is 1.67. The number of benzene rings is 1. The van der Waals surface area contributed by atoms with Gasteiger partial charge in [-0.1, -0.05) is 30.3 Å². The molecule has 0 saturated carbocycles. The molecule has 2 aromatic rings. The topological polar surface area (TPSA) is 114 Å². The Labute approximate surface area is 170 Å². The number of quaternary nitrogens is 1. The number of rotatable bonds is 10. The maximum absolute atomic E-state index is 12.4. The van der Waals surface area contributed by atoms with Crippen LogP contribution in [0.2, 0.25) is 0 Å². The fourth-order valence-corrected chi connectivity index (χ4v) is 4.35. The van der Waals surface area contributed by atoms with Crippen LogP contribution in [-0.4, -0.2) is 63.6 Å². The molecular weight excluding hydrogens is 396 g/mol. The third-order valence-corrected chi connectivity index (χ3v) is 5.50. The lowest BCUT2D eigenvalue weighted by atomic mass is 10.2. The number of hydrogen-bond donors (Lipinski definition) is 2. The Bertz CT molecular complexity index is 945. The van der Waals surface area contributed by atoms with E-state index in [9.17, 15) is 18.0 Å². The highest BCUT2D eigenvalue weighted by Crippen LogP contribution is 2.16. The van der Waals surface area contributed by atoms with E-state index in [0.717, 1.165) is 0 Å². The van der Waals surface area contributed by atoms with Gasteiger partial charge in [-0.15, -0.1) is 0 Å². The molecule has 0 aliphatic heterocycles. The van der Waals surface area contributed by atoms with E-state index in [1.807, 2.05) is 27.2 Å². The Morgan fingerprint density at radius 2 is 1.72 bits per heavy atom. The monoisotopic (exact) mass is 423 g/mol. The van der Waals surface area contributed by atoms with Crippen molar-refractivity contribution in [2.24, 2.45) is 0 Å². The van der Waals surface area contributed by atoms with Gasteiger partial charge in [-0.25, -0.2) is 8.42 Å². The van der Waals surface area contributed by atoms with Crippen molar-refractivity contribution in [2.45, 2.75) is 24.0 Å². The maximum atomic E-state index is 12.4. The number of carbonyl (C=O) groups is 2. The van der Waals surface area contributed by atoms with E-state index in [0.29, 0.717) is 16.6 Å². The molecule has 0 saturated heterocycles. The minimum Gasteiger partial charge on any atom is -0.481 e. The van der Waals surface area contributed by atoms with E-state index in [1.54, 1.807) is 24.3 Å². The minimum absolute atomic E-state index is 0.0493. The van der Waals surface area contributed by atoms with E-state index >= 15 is 0 Å². The second kappa shape index (κ2) is 9.23. The molecule has 2 rings (SSSR count). The molecule has 0 spiro atoms. The van der Waals surface area contributed by atoms with Crippen LogP contribution in [0.15, 0.2) is 46.9 Å². The zero-order chi connectivity index (χ0) is 21.7. The summed E-state index contributed by atoms with van der Waals surface area (Å²) in [5, 5.41) is 11.7. The van der Waals surface area contributed by atoms with Crippen molar-refractivity contribution in [3.8, 4) is 0 Å². The predicted molar refractivity (Wildman–Crippen MR) is 108 cm³/mol. The van der Waals surface area contributed by atoms with Crippen LogP contribution < -0.4 is 5.32 Å². The first kappa shape index (κ1) is 22.6. The van der Waals surface area contributed by atoms with E-state index in [4.69, 9.17) is 9.52 Å². The average Bonchev–Trinajstić information content (AvgIpc) is 3.00. The Morgan fingerprint density at radius 3 is 2.31 bits per heavy atom. The molecule has 0 radical (unpaired) electrons. The number of carboxylic acid groups (broad SMARTS) is 1. The van der Waals surface area contributed by atoms with Crippen molar-refractivity contribution in [1.29, 1.82) is 0 Å². The van der Waals surface area contributed by atoms with Crippen LogP contribution in [-0.2, 0) is 26.1 Å². The van der Waals surface area contributed by atoms with Gasteiger partial charge in [0, 0.05) is 0 Å². The molecule has 1 atom stereocenters. The van der Waals surface area contributed by atoms with Gasteiger partial charge in [0.05, 0.1) is 45.9 Å². The molecule has 1 amide bonds. The summed E-state index contributed by atoms with van der Waals surface area (Å²) in [5.74, 6) is -1.93. The Balaban J connectivity index is 2.03. The lowest BCUT2D eigenvalue weighted by Crippen LogP contribution is -2.49. The first-order chi connectivity index (χ1) is 13.4. The second-order valence-electron chi connectivity index (χ2n) is 8.02. The fraction of sp³-hybridized carbons (Fsp3) is 0.400. The lowest BCUT2D eigenvalue weighted by molar-refractivity contribution is -0.871. The van der Waals surface area contributed by atoms with Crippen LogP contribution in [0.3, 0.4) is 0 Å². The van der Waals surface area contributed by atoms with Crippen LogP contribution in [0.25, 0.3) is 0 Å². The first-order valence-corrected chi connectivity index (χ1v) is 10.9. The van der Waals surface area contributed by atoms with Gasteiger partial charge in [0.25, 0.3) is 5.91 Å². The summed E-state index contributed by atoms with van der Waals surface area (Å²) in [4.78, 5) is 23.5. The SMILES string of the molecule is C[N+](C)(C)CC(CC(=O)O)NC(=O)c1ccc(CS(=O)(=O)Cc2ccccc2)o1. The summed E-state index contributed by atoms with van der Waals surface area (Å²) in [6.07, 6.45) is -0.222. The second-order valence-corrected chi connectivity index (χ2v) is 10.1. The fourth-order valence-electron chi connectivity index (χ4n) is 2.96. The molecule has 8 nitrogen and oxygen atoms in total. The highest BCUT2D eigenvalue weighted by atomic mass is 32.2. The average molecular weight is 424 g/mol. The van der Waals surface area contributed by atoms with Crippen molar-refractivity contribution in [2.75, 3.05) is 27.7 Å². The quantitative estimate of drug-likeness (QED) is 0.562. The highest BCUT2D eigenvalue weighted by Gasteiger charge is 2.25. The van der Waals surface area contributed by atoms with Crippen LogP contribution in [0.5, 0.6) is 0 Å². The molecule has 9 heteroatoms. The summed E-state index contributed by atoms with van der Waals surface area (Å²) in [7, 11) is 2.21. The zero-order valence-corrected chi connectivity index (χ0v) is 17.6. The number of likely N-dealkylation sites (N-methyl/N-ethyl adjacent to an activating group) is 1. The molecule has 1 aromatic heterocycles. The van der Waals surface area contributed by atoms with Crippen molar-refractivity contribution in [1.82, 2.24) is 5.32 Å². The summed E-state index contributed by atoms with van der Waals surface area (Å²) >= 11 is 0. The number of hydrogen-bond acceptors (Lipinski definition) is 5. The van der Waals surface area contributed by atoms with E-state index in [1.165, 1.54) is 12.1 Å². The van der Waals surface area contributed by atoms with Gasteiger partial charge in [0.1, 0.15) is 11.5 Å². The number of carbonyl (C=O) groups excluding carboxylic acids is 1. The molecule has 0 aliphatic carbocycles. The van der Waals surface area contributed by atoms with Crippen molar-refractivity contribution in [3.63, 3.8) is 0 Å². The van der Waals surface area contributed by atoms with Gasteiger partial charge >= 0.3 is 5.97 Å². The van der Waals surface area contributed by atoms with Gasteiger partial charge in [0.15, 0.2) is 15.6 Å². The molecule has 1 heterocycles.